The summed E-state index contributed by atoms with van der Waals surface area (Å²) in [5, 5.41) is 2.85. The number of piperidine rings is 2. The third-order valence-corrected chi connectivity index (χ3v) is 6.27. The van der Waals surface area contributed by atoms with Gasteiger partial charge in [-0.1, -0.05) is 11.6 Å². The molecule has 35 heavy (non-hydrogen) atoms. The highest BCUT2D eigenvalue weighted by molar-refractivity contribution is 6.30. The van der Waals surface area contributed by atoms with Gasteiger partial charge in [-0.2, -0.15) is 17.6 Å². The summed E-state index contributed by atoms with van der Waals surface area (Å²) in [6.07, 6.45) is -3.98. The number of benzene rings is 1. The Bertz CT molecular complexity index is 1130. The van der Waals surface area contributed by atoms with Crippen molar-refractivity contribution in [2.45, 2.75) is 37.5 Å². The van der Waals surface area contributed by atoms with Crippen LogP contribution in [0, 0.1) is 17.6 Å². The number of hydrogen-bond acceptors (Lipinski definition) is 6. The first-order valence-electron chi connectivity index (χ1n) is 10.6. The standard InChI is InChI=1S/C21H20ClF5N6O2/c22-10-6-11(23)8-12(7-10)31-14-2-1-4-32(19(14)34)16-13(21(25,26)27)3-5-33(20(16)35)18-15(24)17(28)29-9-30-18/h6-9,13-14,16,31H,1-5H2,(H2,28,29,30). The maximum Gasteiger partial charge on any atom is 0.394 e. The van der Waals surface area contributed by atoms with Gasteiger partial charge in [0, 0.05) is 23.8 Å². The largest absolute Gasteiger partial charge is 0.394 e. The lowest BCUT2D eigenvalue weighted by atomic mass is 9.87. The zero-order valence-corrected chi connectivity index (χ0v) is 18.8. The van der Waals surface area contributed by atoms with Crippen LogP contribution in [0.1, 0.15) is 19.3 Å². The number of rotatable bonds is 4. The predicted molar refractivity (Wildman–Crippen MR) is 116 cm³/mol. The van der Waals surface area contributed by atoms with E-state index >= 15 is 0 Å². The number of halogens is 6. The molecule has 0 saturated carbocycles. The van der Waals surface area contributed by atoms with Gasteiger partial charge < -0.3 is 16.0 Å². The molecule has 1 aromatic carbocycles. The zero-order chi connectivity index (χ0) is 25.5. The molecule has 188 valence electrons. The molecule has 2 aromatic rings. The highest BCUT2D eigenvalue weighted by atomic mass is 35.5. The average Bonchev–Trinajstić information content (AvgIpc) is 2.76. The Morgan fingerprint density at radius 3 is 2.49 bits per heavy atom. The van der Waals surface area contributed by atoms with Gasteiger partial charge in [-0.25, -0.2) is 14.4 Å². The van der Waals surface area contributed by atoms with Crippen molar-refractivity contribution in [1.29, 1.82) is 0 Å². The molecule has 8 nitrogen and oxygen atoms in total. The minimum absolute atomic E-state index is 0.0639. The van der Waals surface area contributed by atoms with Crippen molar-refractivity contribution in [2.24, 2.45) is 5.92 Å². The maximum absolute atomic E-state index is 14.5. The van der Waals surface area contributed by atoms with Crippen LogP contribution in [-0.4, -0.2) is 58.0 Å². The summed E-state index contributed by atoms with van der Waals surface area (Å²) in [5.41, 5.74) is 5.59. The van der Waals surface area contributed by atoms with Crippen LogP contribution in [0.4, 0.5) is 39.3 Å². The molecular weight excluding hydrogens is 499 g/mol. The lowest BCUT2D eigenvalue weighted by molar-refractivity contribution is -0.200. The molecule has 3 unspecified atom stereocenters. The smallest absolute Gasteiger partial charge is 0.381 e. The molecule has 2 aliphatic heterocycles. The average molecular weight is 519 g/mol. The number of hydrogen-bond donors (Lipinski definition) is 2. The van der Waals surface area contributed by atoms with E-state index in [2.05, 4.69) is 15.3 Å². The number of aromatic nitrogens is 2. The van der Waals surface area contributed by atoms with Crippen LogP contribution < -0.4 is 16.0 Å². The Morgan fingerprint density at radius 1 is 1.06 bits per heavy atom. The van der Waals surface area contributed by atoms with E-state index in [1.54, 1.807) is 0 Å². The number of nitrogens with zero attached hydrogens (tertiary/aromatic N) is 4. The van der Waals surface area contributed by atoms with Gasteiger partial charge in [0.25, 0.3) is 5.91 Å². The molecule has 0 spiro atoms. The van der Waals surface area contributed by atoms with E-state index in [1.807, 2.05) is 0 Å². The van der Waals surface area contributed by atoms with Crippen LogP contribution >= 0.6 is 11.6 Å². The SMILES string of the molecule is Nc1ncnc(N2CCC(C(F)(F)F)C(N3CCCC(Nc4cc(F)cc(Cl)c4)C3=O)C2=O)c1F. The summed E-state index contributed by atoms with van der Waals surface area (Å²) in [4.78, 5) is 35.3. The van der Waals surface area contributed by atoms with Crippen molar-refractivity contribution in [3.05, 3.63) is 41.2 Å². The molecule has 2 amide bonds. The van der Waals surface area contributed by atoms with Crippen molar-refractivity contribution in [1.82, 2.24) is 14.9 Å². The van der Waals surface area contributed by atoms with Crippen LogP contribution in [0.3, 0.4) is 0 Å². The second-order valence-corrected chi connectivity index (χ2v) is 8.73. The molecule has 0 radical (unpaired) electrons. The van der Waals surface area contributed by atoms with Crippen LogP contribution in [0.25, 0.3) is 0 Å². The number of alkyl halides is 3. The third kappa shape index (κ3) is 4.95. The van der Waals surface area contributed by atoms with Crippen molar-refractivity contribution >= 4 is 40.7 Å². The van der Waals surface area contributed by atoms with Crippen molar-refractivity contribution in [2.75, 3.05) is 29.0 Å². The first kappa shape index (κ1) is 24.9. The lowest BCUT2D eigenvalue weighted by Crippen LogP contribution is -2.64. The summed E-state index contributed by atoms with van der Waals surface area (Å²) >= 11 is 5.84. The molecule has 4 rings (SSSR count). The second kappa shape index (κ2) is 9.44. The number of nitrogens with one attached hydrogen (secondary N) is 1. The Balaban J connectivity index is 1.65. The van der Waals surface area contributed by atoms with Crippen molar-refractivity contribution in [3.63, 3.8) is 0 Å². The fourth-order valence-corrected chi connectivity index (χ4v) is 4.70. The van der Waals surface area contributed by atoms with E-state index in [0.29, 0.717) is 0 Å². The Morgan fingerprint density at radius 2 is 1.80 bits per heavy atom. The molecule has 14 heteroatoms. The van der Waals surface area contributed by atoms with Gasteiger partial charge in [0.15, 0.2) is 11.6 Å². The number of anilines is 3. The normalized spacial score (nSPS) is 23.5. The van der Waals surface area contributed by atoms with Crippen molar-refractivity contribution in [3.8, 4) is 0 Å². The monoisotopic (exact) mass is 518 g/mol. The molecule has 3 heterocycles. The first-order valence-corrected chi connectivity index (χ1v) is 11.0. The topological polar surface area (TPSA) is 104 Å². The summed E-state index contributed by atoms with van der Waals surface area (Å²) in [7, 11) is 0. The van der Waals surface area contributed by atoms with E-state index in [9.17, 15) is 31.5 Å². The van der Waals surface area contributed by atoms with E-state index in [1.165, 1.54) is 6.07 Å². The van der Waals surface area contributed by atoms with Gasteiger partial charge in [-0.15, -0.1) is 0 Å². The molecule has 3 N–H and O–H groups in total. The summed E-state index contributed by atoms with van der Waals surface area (Å²) < 4.78 is 70.1. The number of carbonyl (C=O) groups excluding carboxylic acids is 2. The van der Waals surface area contributed by atoms with Gasteiger partial charge >= 0.3 is 6.18 Å². The number of likely N-dealkylation sites (tertiary alicyclic amines) is 1. The van der Waals surface area contributed by atoms with Gasteiger partial charge in [0.2, 0.25) is 11.7 Å². The third-order valence-electron chi connectivity index (χ3n) is 6.05. The Labute approximate surface area is 201 Å². The summed E-state index contributed by atoms with van der Waals surface area (Å²) in [5.74, 6) is -6.99. The highest BCUT2D eigenvalue weighted by Crippen LogP contribution is 2.40. The van der Waals surface area contributed by atoms with Crippen LogP contribution in [0.15, 0.2) is 24.5 Å². The minimum atomic E-state index is -4.80. The fraction of sp³-hybridized carbons (Fsp3) is 0.429. The molecule has 3 atom stereocenters. The lowest BCUT2D eigenvalue weighted by Gasteiger charge is -2.45. The fourth-order valence-electron chi connectivity index (χ4n) is 4.48. The molecular formula is C21H20ClF5N6O2. The van der Waals surface area contributed by atoms with Crippen LogP contribution in [-0.2, 0) is 9.59 Å². The Kier molecular flexibility index (Phi) is 6.71. The summed E-state index contributed by atoms with van der Waals surface area (Å²) in [6, 6.07) is 0.555. The second-order valence-electron chi connectivity index (χ2n) is 8.30. The van der Waals surface area contributed by atoms with E-state index in [4.69, 9.17) is 17.3 Å². The van der Waals surface area contributed by atoms with Gasteiger partial charge in [-0.05, 0) is 37.5 Å². The van der Waals surface area contributed by atoms with Crippen LogP contribution in [0.2, 0.25) is 5.02 Å². The first-order chi connectivity index (χ1) is 16.5. The minimum Gasteiger partial charge on any atom is -0.381 e. The van der Waals surface area contributed by atoms with E-state index in [0.717, 1.165) is 28.3 Å². The molecule has 2 saturated heterocycles. The summed E-state index contributed by atoms with van der Waals surface area (Å²) in [6.45, 7) is -0.593. The number of carbonyl (C=O) groups is 2. The maximum atomic E-state index is 14.5. The quantitative estimate of drug-likeness (QED) is 0.601. The van der Waals surface area contributed by atoms with Gasteiger partial charge in [0.1, 0.15) is 24.2 Å². The molecule has 1 aromatic heterocycles. The number of nitrogens with two attached hydrogens (primary N) is 1. The van der Waals surface area contributed by atoms with Gasteiger partial charge in [-0.3, -0.25) is 14.5 Å². The van der Waals surface area contributed by atoms with E-state index < -0.39 is 72.2 Å². The molecule has 2 fully saturated rings. The molecule has 0 bridgehead atoms. The zero-order valence-electron chi connectivity index (χ0n) is 18.0. The number of amides is 2. The molecule has 0 aliphatic carbocycles. The van der Waals surface area contributed by atoms with E-state index in [-0.39, 0.29) is 30.1 Å². The van der Waals surface area contributed by atoms with Crippen LogP contribution in [0.5, 0.6) is 0 Å². The number of nitrogen functional groups attached to an aromatic ring is 1. The predicted octanol–water partition coefficient (Wildman–Crippen LogP) is 3.38. The highest BCUT2D eigenvalue weighted by Gasteiger charge is 2.55. The van der Waals surface area contributed by atoms with Crippen molar-refractivity contribution < 1.29 is 31.5 Å². The Hall–Kier alpha value is -3.22. The molecule has 2 aliphatic rings. The van der Waals surface area contributed by atoms with Gasteiger partial charge in [0.05, 0.1) is 5.92 Å².